The number of benzene rings is 1. The molecule has 13 heteroatoms. The number of anilines is 1. The molecule has 0 radical (unpaired) electrons. The second-order valence-corrected chi connectivity index (χ2v) is 8.49. The fraction of sp³-hybridized carbons (Fsp3) is 0.522. The maximum atomic E-state index is 12.3. The van der Waals surface area contributed by atoms with Crippen LogP contribution in [0.4, 0.5) is 10.5 Å². The summed E-state index contributed by atoms with van der Waals surface area (Å²) < 4.78 is 10.6. The summed E-state index contributed by atoms with van der Waals surface area (Å²) in [5, 5.41) is 19.8. The van der Waals surface area contributed by atoms with Gasteiger partial charge in [-0.3, -0.25) is 19.2 Å². The molecule has 13 nitrogen and oxygen atoms in total. The van der Waals surface area contributed by atoms with E-state index in [2.05, 4.69) is 21.3 Å². The smallest absolute Gasteiger partial charge is 0.410 e. The third kappa shape index (κ3) is 9.50. The van der Waals surface area contributed by atoms with Gasteiger partial charge in [0, 0.05) is 12.7 Å². The Labute approximate surface area is 208 Å². The van der Waals surface area contributed by atoms with Crippen molar-refractivity contribution in [3.63, 3.8) is 0 Å². The van der Waals surface area contributed by atoms with Crippen molar-refractivity contribution in [1.29, 1.82) is 0 Å². The molecule has 4 atom stereocenters. The molecule has 1 heterocycles. The highest BCUT2D eigenvalue weighted by Crippen LogP contribution is 2.14. The molecule has 0 bridgehead atoms. The Morgan fingerprint density at radius 2 is 1.92 bits per heavy atom. The number of rotatable bonds is 11. The summed E-state index contributed by atoms with van der Waals surface area (Å²) in [6.45, 7) is 3.04. The Morgan fingerprint density at radius 3 is 2.58 bits per heavy atom. The average molecular weight is 508 g/mol. The van der Waals surface area contributed by atoms with E-state index in [0.29, 0.717) is 24.1 Å². The highest BCUT2D eigenvalue weighted by molar-refractivity contribution is 5.97. The summed E-state index contributed by atoms with van der Waals surface area (Å²) in [6, 6.07) is 5.37. The highest BCUT2D eigenvalue weighted by atomic mass is 16.6. The number of aliphatic hydroxyl groups is 1. The summed E-state index contributed by atoms with van der Waals surface area (Å²) in [4.78, 5) is 59.6. The highest BCUT2D eigenvalue weighted by Gasteiger charge is 2.29. The van der Waals surface area contributed by atoms with Gasteiger partial charge in [-0.1, -0.05) is 12.1 Å². The standard InChI is InChI=1S/C23H33N5O8/c1-14(25-20(31)9-24-13-29)22(33)26-17-6-4-16(5-7-17)11-36-23(34)28(3)10-21(32)27-19-8-18(30)12-35-15(19)2/h4-7,13-15,18-19,30H,8-12H2,1-3H3,(H,24,29)(H,25,31)(H,26,33)(H,27,32)/t14?,15-,18+,19?/m0/s1. The largest absolute Gasteiger partial charge is 0.445 e. The van der Waals surface area contributed by atoms with Crippen molar-refractivity contribution in [2.24, 2.45) is 0 Å². The first-order valence-corrected chi connectivity index (χ1v) is 11.4. The van der Waals surface area contributed by atoms with Crippen LogP contribution < -0.4 is 21.3 Å². The van der Waals surface area contributed by atoms with Crippen LogP contribution in [0.5, 0.6) is 0 Å². The van der Waals surface area contributed by atoms with Gasteiger partial charge >= 0.3 is 6.09 Å². The molecule has 1 aliphatic rings. The maximum absolute atomic E-state index is 12.3. The normalized spacial score (nSPS) is 19.8. The monoisotopic (exact) mass is 507 g/mol. The van der Waals surface area contributed by atoms with E-state index in [0.717, 1.165) is 4.90 Å². The van der Waals surface area contributed by atoms with E-state index in [-0.39, 0.29) is 38.4 Å². The minimum absolute atomic E-state index is 0.0467. The van der Waals surface area contributed by atoms with Crippen LogP contribution in [0.1, 0.15) is 25.8 Å². The minimum Gasteiger partial charge on any atom is -0.445 e. The molecule has 198 valence electrons. The molecule has 36 heavy (non-hydrogen) atoms. The van der Waals surface area contributed by atoms with Gasteiger partial charge < -0.3 is 40.7 Å². The summed E-state index contributed by atoms with van der Waals surface area (Å²) in [6.07, 6.45) is -0.808. The van der Waals surface area contributed by atoms with E-state index < -0.39 is 36.0 Å². The van der Waals surface area contributed by atoms with Gasteiger partial charge in [0.15, 0.2) is 0 Å². The zero-order valence-corrected chi connectivity index (χ0v) is 20.5. The quantitative estimate of drug-likeness (QED) is 0.239. The second kappa shape index (κ2) is 14.0. The molecule has 0 saturated carbocycles. The molecule has 1 aromatic rings. The van der Waals surface area contributed by atoms with Crippen LogP contribution in [0.2, 0.25) is 0 Å². The van der Waals surface area contributed by atoms with Crippen LogP contribution >= 0.6 is 0 Å². The minimum atomic E-state index is -0.821. The van der Waals surface area contributed by atoms with Crippen molar-refractivity contribution < 1.29 is 38.6 Å². The Morgan fingerprint density at radius 1 is 1.22 bits per heavy atom. The second-order valence-electron chi connectivity index (χ2n) is 8.49. The van der Waals surface area contributed by atoms with E-state index >= 15 is 0 Å². The average Bonchev–Trinajstić information content (AvgIpc) is 2.84. The van der Waals surface area contributed by atoms with Crippen molar-refractivity contribution >= 4 is 35.9 Å². The lowest BCUT2D eigenvalue weighted by Crippen LogP contribution is -2.52. The molecule has 1 fully saturated rings. The fourth-order valence-electron chi connectivity index (χ4n) is 3.32. The van der Waals surface area contributed by atoms with Crippen molar-refractivity contribution in [3.8, 4) is 0 Å². The Bertz CT molecular complexity index is 926. The molecule has 1 saturated heterocycles. The molecule has 1 aromatic carbocycles. The number of nitrogens with zero attached hydrogens (tertiary/aromatic N) is 1. The van der Waals surface area contributed by atoms with Crippen molar-refractivity contribution in [1.82, 2.24) is 20.9 Å². The van der Waals surface area contributed by atoms with E-state index in [4.69, 9.17) is 9.47 Å². The van der Waals surface area contributed by atoms with Gasteiger partial charge in [-0.25, -0.2) is 4.79 Å². The Balaban J connectivity index is 1.74. The van der Waals surface area contributed by atoms with Gasteiger partial charge in [-0.2, -0.15) is 0 Å². The third-order valence-electron chi connectivity index (χ3n) is 5.38. The van der Waals surface area contributed by atoms with Crippen LogP contribution in [0, 0.1) is 0 Å². The third-order valence-corrected chi connectivity index (χ3v) is 5.38. The number of amides is 5. The molecule has 1 aliphatic heterocycles. The zero-order valence-electron chi connectivity index (χ0n) is 20.5. The van der Waals surface area contributed by atoms with Gasteiger partial charge in [0.1, 0.15) is 19.2 Å². The number of hydrogen-bond donors (Lipinski definition) is 5. The molecular weight excluding hydrogens is 474 g/mol. The Hall–Kier alpha value is -3.71. The van der Waals surface area contributed by atoms with Crippen molar-refractivity contribution in [2.75, 3.05) is 32.1 Å². The van der Waals surface area contributed by atoms with Gasteiger partial charge in [-0.05, 0) is 38.0 Å². The van der Waals surface area contributed by atoms with Crippen LogP contribution in [0.25, 0.3) is 0 Å². The van der Waals surface area contributed by atoms with E-state index in [1.807, 2.05) is 0 Å². The molecule has 0 aliphatic carbocycles. The lowest BCUT2D eigenvalue weighted by atomic mass is 10.0. The molecule has 2 unspecified atom stereocenters. The number of hydrogen-bond acceptors (Lipinski definition) is 8. The lowest BCUT2D eigenvalue weighted by Gasteiger charge is -2.33. The van der Waals surface area contributed by atoms with Crippen molar-refractivity contribution in [2.45, 2.75) is 51.2 Å². The predicted octanol–water partition coefficient (Wildman–Crippen LogP) is -0.901. The lowest BCUT2D eigenvalue weighted by molar-refractivity contribution is -0.126. The first-order valence-electron chi connectivity index (χ1n) is 11.4. The topological polar surface area (TPSA) is 175 Å². The first-order chi connectivity index (χ1) is 17.1. The number of aliphatic hydroxyl groups excluding tert-OH is 1. The Kier molecular flexibility index (Phi) is 11.1. The van der Waals surface area contributed by atoms with Crippen LogP contribution in [-0.2, 0) is 35.3 Å². The number of carbonyl (C=O) groups excluding carboxylic acids is 5. The molecule has 0 aromatic heterocycles. The fourth-order valence-corrected chi connectivity index (χ4v) is 3.32. The van der Waals surface area contributed by atoms with E-state index in [1.165, 1.54) is 14.0 Å². The summed E-state index contributed by atoms with van der Waals surface area (Å²) in [7, 11) is 1.44. The van der Waals surface area contributed by atoms with Gasteiger partial charge in [-0.15, -0.1) is 0 Å². The molecule has 5 amide bonds. The van der Waals surface area contributed by atoms with Crippen LogP contribution in [-0.4, -0.2) is 91.3 Å². The summed E-state index contributed by atoms with van der Waals surface area (Å²) >= 11 is 0. The van der Waals surface area contributed by atoms with Crippen molar-refractivity contribution in [3.05, 3.63) is 29.8 Å². The summed E-state index contributed by atoms with van der Waals surface area (Å²) in [5.41, 5.74) is 1.13. The predicted molar refractivity (Wildman–Crippen MR) is 128 cm³/mol. The van der Waals surface area contributed by atoms with Crippen LogP contribution in [0.15, 0.2) is 24.3 Å². The number of nitrogens with one attached hydrogen (secondary N) is 4. The van der Waals surface area contributed by atoms with Gasteiger partial charge in [0.2, 0.25) is 24.1 Å². The molecule has 2 rings (SSSR count). The van der Waals surface area contributed by atoms with Gasteiger partial charge in [0.25, 0.3) is 0 Å². The SMILES string of the molecule is CC(NC(=O)CNC=O)C(=O)Nc1ccc(COC(=O)N(C)CC(=O)NC2C[C@@H](O)CO[C@H]2C)cc1. The van der Waals surface area contributed by atoms with E-state index in [1.54, 1.807) is 31.2 Å². The molecule has 0 spiro atoms. The first kappa shape index (κ1) is 28.5. The molecular formula is C23H33N5O8. The maximum Gasteiger partial charge on any atom is 0.410 e. The van der Waals surface area contributed by atoms with E-state index in [9.17, 15) is 29.1 Å². The zero-order chi connectivity index (χ0) is 26.7. The number of carbonyl (C=O) groups is 5. The number of likely N-dealkylation sites (N-methyl/N-ethyl adjacent to an activating group) is 1. The van der Waals surface area contributed by atoms with Gasteiger partial charge in [0.05, 0.1) is 31.4 Å². The summed E-state index contributed by atoms with van der Waals surface area (Å²) in [5.74, 6) is -1.34. The van der Waals surface area contributed by atoms with Crippen LogP contribution in [0.3, 0.4) is 0 Å². The number of ether oxygens (including phenoxy) is 2. The molecule has 5 N–H and O–H groups in total.